The summed E-state index contributed by atoms with van der Waals surface area (Å²) in [7, 11) is 0. The van der Waals surface area contributed by atoms with E-state index in [1.165, 1.54) is 0 Å². The summed E-state index contributed by atoms with van der Waals surface area (Å²) in [4.78, 5) is 25.7. The van der Waals surface area contributed by atoms with Crippen LogP contribution in [-0.4, -0.2) is 37.9 Å². The van der Waals surface area contributed by atoms with Crippen LogP contribution in [0.4, 0.5) is 21.9 Å². The summed E-state index contributed by atoms with van der Waals surface area (Å²) in [6, 6.07) is 6.01. The van der Waals surface area contributed by atoms with E-state index in [9.17, 15) is 9.59 Å². The molecule has 1 atom stereocenters. The van der Waals surface area contributed by atoms with Crippen LogP contribution in [0.25, 0.3) is 0 Å². The number of alkyl carbamates (subject to hydrolysis) is 1. The van der Waals surface area contributed by atoms with E-state index in [4.69, 9.17) is 4.74 Å². The van der Waals surface area contributed by atoms with Crippen LogP contribution in [0.3, 0.4) is 0 Å². The Bertz CT molecular complexity index is 834. The van der Waals surface area contributed by atoms with Crippen LogP contribution in [0.2, 0.25) is 0 Å². The molecule has 0 bridgehead atoms. The largest absolute Gasteiger partial charge is 0.445 e. The molecule has 174 valence electrons. The van der Waals surface area contributed by atoms with Gasteiger partial charge in [0.2, 0.25) is 5.91 Å². The van der Waals surface area contributed by atoms with Crippen molar-refractivity contribution in [3.63, 3.8) is 0 Å². The van der Waals surface area contributed by atoms with Crippen molar-refractivity contribution in [3.05, 3.63) is 55.2 Å². The molecule has 0 radical (unpaired) electrons. The fraction of sp³-hybridized carbons (Fsp3) is 0.440. The first-order valence-electron chi connectivity index (χ1n) is 11.4. The number of nitrogens with one attached hydrogen (secondary N) is 3. The van der Waals surface area contributed by atoms with Crippen molar-refractivity contribution in [2.24, 2.45) is 0 Å². The van der Waals surface area contributed by atoms with Crippen LogP contribution in [0.15, 0.2) is 55.2 Å². The average molecular weight is 441 g/mol. The summed E-state index contributed by atoms with van der Waals surface area (Å²) < 4.78 is 5.15. The second-order valence-corrected chi connectivity index (χ2v) is 7.37. The molecule has 7 nitrogen and oxygen atoms in total. The van der Waals surface area contributed by atoms with E-state index in [1.807, 2.05) is 36.9 Å². The number of benzene rings is 1. The maximum absolute atomic E-state index is 12.1. The molecule has 1 fully saturated rings. The molecule has 1 saturated heterocycles. The van der Waals surface area contributed by atoms with Gasteiger partial charge in [-0.05, 0) is 43.4 Å². The average Bonchev–Trinajstić information content (AvgIpc) is 3.43. The molecule has 2 aliphatic heterocycles. The summed E-state index contributed by atoms with van der Waals surface area (Å²) in [5.41, 5.74) is 3.79. The monoisotopic (exact) mass is 440 g/mol. The Morgan fingerprint density at radius 1 is 1.28 bits per heavy atom. The van der Waals surface area contributed by atoms with E-state index in [2.05, 4.69) is 29.1 Å². The van der Waals surface area contributed by atoms with Gasteiger partial charge in [0.1, 0.15) is 6.61 Å². The number of rotatable bonds is 10. The van der Waals surface area contributed by atoms with Crippen LogP contribution < -0.4 is 20.9 Å². The summed E-state index contributed by atoms with van der Waals surface area (Å²) in [6.07, 6.45) is 8.93. The predicted octanol–water partition coefficient (Wildman–Crippen LogP) is 5.20. The zero-order valence-corrected chi connectivity index (χ0v) is 19.3. The van der Waals surface area contributed by atoms with Crippen LogP contribution >= 0.6 is 0 Å². The molecule has 2 aliphatic rings. The standard InChI is InChI=1S/C23H30N4O3.C2H6/c1-3-9-17(4-2)16-30-23(29)24-14-6-5-12-20-25-18-10-7-11-19(22(18)26-20)27-15-8-13-21(27)28;1-2/h3-4,7,9-11,20,25-26H,1-2,5-6,8,12-16H2,(H,24,29);1-2H3/b17-9+;. The number of carbonyl (C=O) groups excluding carboxylic acids is 2. The zero-order chi connectivity index (χ0) is 23.3. The minimum atomic E-state index is -0.434. The smallest absolute Gasteiger partial charge is 0.407 e. The van der Waals surface area contributed by atoms with Gasteiger partial charge in [-0.15, -0.1) is 0 Å². The van der Waals surface area contributed by atoms with Crippen molar-refractivity contribution in [2.75, 3.05) is 35.2 Å². The van der Waals surface area contributed by atoms with Crippen LogP contribution in [0.1, 0.15) is 46.0 Å². The molecule has 2 amide bonds. The summed E-state index contributed by atoms with van der Waals surface area (Å²) >= 11 is 0. The molecule has 1 aromatic carbocycles. The first-order chi connectivity index (χ1) is 15.6. The third-order valence-corrected chi connectivity index (χ3v) is 5.21. The Hall–Kier alpha value is -3.22. The number of ether oxygens (including phenoxy) is 1. The lowest BCUT2D eigenvalue weighted by atomic mass is 10.2. The van der Waals surface area contributed by atoms with Gasteiger partial charge in [-0.1, -0.05) is 51.3 Å². The van der Waals surface area contributed by atoms with Crippen molar-refractivity contribution in [1.82, 2.24) is 5.32 Å². The fourth-order valence-corrected chi connectivity index (χ4v) is 3.67. The number of anilines is 3. The van der Waals surface area contributed by atoms with Crippen molar-refractivity contribution < 1.29 is 14.3 Å². The molecule has 7 heteroatoms. The Labute approximate surface area is 191 Å². The molecule has 1 unspecified atom stereocenters. The molecule has 0 saturated carbocycles. The minimum absolute atomic E-state index is 0.116. The lowest BCUT2D eigenvalue weighted by Crippen LogP contribution is -2.27. The highest BCUT2D eigenvalue weighted by Crippen LogP contribution is 2.40. The fourth-order valence-electron chi connectivity index (χ4n) is 3.67. The van der Waals surface area contributed by atoms with E-state index in [0.29, 0.717) is 13.0 Å². The summed E-state index contributed by atoms with van der Waals surface area (Å²) in [6.45, 7) is 12.8. The lowest BCUT2D eigenvalue weighted by molar-refractivity contribution is -0.117. The van der Waals surface area contributed by atoms with Crippen LogP contribution in [0.5, 0.6) is 0 Å². The number of amides is 2. The second-order valence-electron chi connectivity index (χ2n) is 7.37. The lowest BCUT2D eigenvalue weighted by Gasteiger charge is -2.19. The highest BCUT2D eigenvalue weighted by molar-refractivity contribution is 6.01. The number of allylic oxidation sites excluding steroid dienone is 2. The number of unbranched alkanes of at least 4 members (excludes halogenated alkanes) is 1. The van der Waals surface area contributed by atoms with Crippen molar-refractivity contribution in [1.29, 1.82) is 0 Å². The second kappa shape index (κ2) is 13.2. The van der Waals surface area contributed by atoms with E-state index in [-0.39, 0.29) is 18.7 Å². The molecule has 3 rings (SSSR count). The highest BCUT2D eigenvalue weighted by Gasteiger charge is 2.28. The summed E-state index contributed by atoms with van der Waals surface area (Å²) in [5, 5.41) is 9.75. The minimum Gasteiger partial charge on any atom is -0.445 e. The molecule has 0 spiro atoms. The first kappa shape index (κ1) is 25.0. The topological polar surface area (TPSA) is 82.7 Å². The third kappa shape index (κ3) is 6.90. The van der Waals surface area contributed by atoms with Crippen molar-refractivity contribution in [3.8, 4) is 0 Å². The van der Waals surface area contributed by atoms with Gasteiger partial charge in [0.15, 0.2) is 0 Å². The van der Waals surface area contributed by atoms with Gasteiger partial charge in [0, 0.05) is 19.5 Å². The van der Waals surface area contributed by atoms with Crippen molar-refractivity contribution >= 4 is 29.1 Å². The molecular weight excluding hydrogens is 404 g/mol. The zero-order valence-electron chi connectivity index (χ0n) is 19.3. The predicted molar refractivity (Wildman–Crippen MR) is 132 cm³/mol. The van der Waals surface area contributed by atoms with Gasteiger partial charge in [0.25, 0.3) is 0 Å². The maximum atomic E-state index is 12.1. The Kier molecular flexibility index (Phi) is 10.4. The summed E-state index contributed by atoms with van der Waals surface area (Å²) in [5.74, 6) is 0.187. The number of fused-ring (bicyclic) bond motifs is 1. The number of nitrogens with zero attached hydrogens (tertiary/aromatic N) is 1. The maximum Gasteiger partial charge on any atom is 0.407 e. The Balaban J connectivity index is 0.00000176. The SMILES string of the molecule is C=C/C=C(\C=C)COC(=O)NCCCCC1Nc2cccc(N3CCCC3=O)c2N1.CC. The van der Waals surface area contributed by atoms with Gasteiger partial charge >= 0.3 is 6.09 Å². The van der Waals surface area contributed by atoms with E-state index < -0.39 is 6.09 Å². The van der Waals surface area contributed by atoms with E-state index >= 15 is 0 Å². The number of hydrogen-bond acceptors (Lipinski definition) is 5. The quantitative estimate of drug-likeness (QED) is 0.344. The third-order valence-electron chi connectivity index (χ3n) is 5.21. The highest BCUT2D eigenvalue weighted by atomic mass is 16.5. The number of hydrogen-bond donors (Lipinski definition) is 3. The van der Waals surface area contributed by atoms with Crippen LogP contribution in [0, 0.1) is 0 Å². The number of para-hydroxylation sites is 1. The molecule has 0 aromatic heterocycles. The van der Waals surface area contributed by atoms with Gasteiger partial charge in [-0.3, -0.25) is 4.79 Å². The van der Waals surface area contributed by atoms with Gasteiger partial charge in [0.05, 0.1) is 23.2 Å². The molecule has 1 aromatic rings. The molecule has 0 aliphatic carbocycles. The first-order valence-corrected chi connectivity index (χ1v) is 11.4. The molecule has 32 heavy (non-hydrogen) atoms. The normalized spacial score (nSPS) is 16.8. The van der Waals surface area contributed by atoms with Gasteiger partial charge in [-0.25, -0.2) is 4.79 Å². The molecule has 3 N–H and O–H groups in total. The van der Waals surface area contributed by atoms with Gasteiger partial charge in [-0.2, -0.15) is 0 Å². The molecular formula is C25H36N4O3. The van der Waals surface area contributed by atoms with E-state index in [1.54, 1.807) is 18.2 Å². The van der Waals surface area contributed by atoms with Gasteiger partial charge < -0.3 is 25.6 Å². The Morgan fingerprint density at radius 2 is 2.09 bits per heavy atom. The number of carbonyl (C=O) groups is 2. The Morgan fingerprint density at radius 3 is 2.78 bits per heavy atom. The van der Waals surface area contributed by atoms with E-state index in [0.717, 1.165) is 54.9 Å². The molecule has 2 heterocycles. The van der Waals surface area contributed by atoms with Crippen molar-refractivity contribution in [2.45, 2.75) is 52.1 Å². The van der Waals surface area contributed by atoms with Crippen LogP contribution in [-0.2, 0) is 9.53 Å².